The Bertz CT molecular complexity index is 1000. The number of nitrogens with one attached hydrogen (secondary N) is 2. The molecule has 0 aliphatic heterocycles. The topological polar surface area (TPSA) is 75.3 Å². The first kappa shape index (κ1) is 19.2. The molecule has 0 aliphatic rings. The van der Waals surface area contributed by atoms with Gasteiger partial charge in [0.05, 0.1) is 11.4 Å². The maximum absolute atomic E-state index is 12.9. The van der Waals surface area contributed by atoms with Gasteiger partial charge in [-0.15, -0.1) is 11.3 Å². The van der Waals surface area contributed by atoms with Crippen LogP contribution in [-0.2, 0) is 23.1 Å². The Morgan fingerprint density at radius 3 is 2.30 bits per heavy atom. The summed E-state index contributed by atoms with van der Waals surface area (Å²) < 4.78 is 39.8. The first-order valence-electron chi connectivity index (χ1n) is 8.09. The summed E-state index contributed by atoms with van der Waals surface area (Å²) in [5.74, 6) is -0.691. The zero-order valence-corrected chi connectivity index (χ0v) is 15.8. The third kappa shape index (κ3) is 5.22. The van der Waals surface area contributed by atoms with Crippen LogP contribution in [0.15, 0.2) is 70.9 Å². The van der Waals surface area contributed by atoms with E-state index in [1.165, 1.54) is 12.1 Å². The largest absolute Gasteiger partial charge is 0.347 e. The van der Waals surface area contributed by atoms with Gasteiger partial charge in [0, 0.05) is 17.0 Å². The first-order valence-corrected chi connectivity index (χ1v) is 10.4. The molecule has 1 heterocycles. The molecule has 1 aromatic heterocycles. The molecule has 27 heavy (non-hydrogen) atoms. The lowest BCUT2D eigenvalue weighted by Crippen LogP contribution is -2.24. The van der Waals surface area contributed by atoms with Crippen LogP contribution in [0, 0.1) is 5.82 Å². The van der Waals surface area contributed by atoms with Gasteiger partial charge in [-0.3, -0.25) is 4.79 Å². The standard InChI is InChI=1S/C19H17FN2O3S2/c20-16-7-9-18(10-8-16)27(24,25)22-12-14-3-5-15(6-4-14)19(23)21-13-17-2-1-11-26-17/h1-11,22H,12-13H2,(H,21,23). The molecule has 0 atom stereocenters. The Morgan fingerprint density at radius 2 is 1.67 bits per heavy atom. The summed E-state index contributed by atoms with van der Waals surface area (Å²) in [5.41, 5.74) is 1.20. The van der Waals surface area contributed by atoms with Crippen molar-refractivity contribution in [2.75, 3.05) is 0 Å². The van der Waals surface area contributed by atoms with Crippen molar-refractivity contribution in [3.63, 3.8) is 0 Å². The van der Waals surface area contributed by atoms with Crippen molar-refractivity contribution in [2.24, 2.45) is 0 Å². The number of benzene rings is 2. The molecule has 0 saturated heterocycles. The molecule has 2 N–H and O–H groups in total. The van der Waals surface area contributed by atoms with Gasteiger partial charge in [-0.1, -0.05) is 18.2 Å². The van der Waals surface area contributed by atoms with Gasteiger partial charge >= 0.3 is 0 Å². The maximum atomic E-state index is 12.9. The second-order valence-corrected chi connectivity index (χ2v) is 8.54. The molecule has 0 bridgehead atoms. The summed E-state index contributed by atoms with van der Waals surface area (Å²) in [5, 5.41) is 4.78. The van der Waals surface area contributed by atoms with Crippen molar-refractivity contribution in [2.45, 2.75) is 18.0 Å². The summed E-state index contributed by atoms with van der Waals surface area (Å²) in [6.07, 6.45) is 0. The molecule has 140 valence electrons. The molecule has 1 amide bonds. The zero-order chi connectivity index (χ0) is 19.3. The minimum absolute atomic E-state index is 0.00604. The van der Waals surface area contributed by atoms with Gasteiger partial charge in [0.1, 0.15) is 5.82 Å². The van der Waals surface area contributed by atoms with Crippen LogP contribution in [0.1, 0.15) is 20.8 Å². The van der Waals surface area contributed by atoms with Crippen LogP contribution in [0.2, 0.25) is 0 Å². The van der Waals surface area contributed by atoms with Gasteiger partial charge in [-0.25, -0.2) is 17.5 Å². The number of thiophene rings is 1. The summed E-state index contributed by atoms with van der Waals surface area (Å²) in [6.45, 7) is 0.534. The van der Waals surface area contributed by atoms with Crippen LogP contribution < -0.4 is 10.0 Å². The van der Waals surface area contributed by atoms with E-state index in [0.29, 0.717) is 17.7 Å². The van der Waals surface area contributed by atoms with Crippen molar-refractivity contribution in [1.82, 2.24) is 10.0 Å². The van der Waals surface area contributed by atoms with E-state index in [1.54, 1.807) is 35.6 Å². The lowest BCUT2D eigenvalue weighted by molar-refractivity contribution is 0.0951. The molecule has 0 fully saturated rings. The summed E-state index contributed by atoms with van der Waals surface area (Å²) in [6, 6.07) is 15.1. The van der Waals surface area contributed by atoms with Crippen LogP contribution >= 0.6 is 11.3 Å². The smallest absolute Gasteiger partial charge is 0.251 e. The number of sulfonamides is 1. The maximum Gasteiger partial charge on any atom is 0.251 e. The van der Waals surface area contributed by atoms with E-state index < -0.39 is 15.8 Å². The second-order valence-electron chi connectivity index (χ2n) is 5.74. The van der Waals surface area contributed by atoms with Crippen molar-refractivity contribution >= 4 is 27.3 Å². The molecule has 8 heteroatoms. The Balaban J connectivity index is 1.57. The van der Waals surface area contributed by atoms with Gasteiger partial charge in [0.25, 0.3) is 5.91 Å². The van der Waals surface area contributed by atoms with Crippen LogP contribution in [0.4, 0.5) is 4.39 Å². The predicted molar refractivity (Wildman–Crippen MR) is 102 cm³/mol. The molecule has 0 spiro atoms. The fourth-order valence-electron chi connectivity index (χ4n) is 2.33. The Labute approximate surface area is 160 Å². The number of carbonyl (C=O) groups is 1. The van der Waals surface area contributed by atoms with E-state index in [-0.39, 0.29) is 17.3 Å². The fraction of sp³-hybridized carbons (Fsp3) is 0.105. The molecule has 2 aromatic carbocycles. The molecule has 5 nitrogen and oxygen atoms in total. The SMILES string of the molecule is O=C(NCc1cccs1)c1ccc(CNS(=O)(=O)c2ccc(F)cc2)cc1. The lowest BCUT2D eigenvalue weighted by atomic mass is 10.1. The van der Waals surface area contributed by atoms with Gasteiger partial charge in [-0.05, 0) is 53.4 Å². The third-order valence-corrected chi connectivity index (χ3v) is 6.10. The normalized spacial score (nSPS) is 11.3. The van der Waals surface area contributed by atoms with Crippen LogP contribution in [0.25, 0.3) is 0 Å². The Hall–Kier alpha value is -2.55. The van der Waals surface area contributed by atoms with E-state index in [9.17, 15) is 17.6 Å². The predicted octanol–water partition coefficient (Wildman–Crippen LogP) is 3.30. The molecule has 0 aliphatic carbocycles. The van der Waals surface area contributed by atoms with Crippen molar-refractivity contribution in [3.05, 3.63) is 87.9 Å². The Kier molecular flexibility index (Phi) is 6.00. The van der Waals surface area contributed by atoms with E-state index in [0.717, 1.165) is 17.0 Å². The van der Waals surface area contributed by atoms with Crippen molar-refractivity contribution in [1.29, 1.82) is 0 Å². The minimum atomic E-state index is -3.73. The van der Waals surface area contributed by atoms with Gasteiger partial charge in [-0.2, -0.15) is 0 Å². The summed E-state index contributed by atoms with van der Waals surface area (Å²) >= 11 is 1.57. The zero-order valence-electron chi connectivity index (χ0n) is 14.2. The molecule has 3 rings (SSSR count). The average molecular weight is 404 g/mol. The number of hydrogen-bond acceptors (Lipinski definition) is 4. The number of amides is 1. The molecule has 3 aromatic rings. The van der Waals surface area contributed by atoms with Crippen molar-refractivity contribution < 1.29 is 17.6 Å². The highest BCUT2D eigenvalue weighted by atomic mass is 32.2. The molecule has 0 saturated carbocycles. The molecular weight excluding hydrogens is 387 g/mol. The molecule has 0 radical (unpaired) electrons. The third-order valence-electron chi connectivity index (χ3n) is 3.81. The van der Waals surface area contributed by atoms with Gasteiger partial charge in [0.2, 0.25) is 10.0 Å². The highest BCUT2D eigenvalue weighted by Gasteiger charge is 2.14. The quantitative estimate of drug-likeness (QED) is 0.635. The number of rotatable bonds is 7. The summed E-state index contributed by atoms with van der Waals surface area (Å²) in [7, 11) is -3.73. The summed E-state index contributed by atoms with van der Waals surface area (Å²) in [4.78, 5) is 13.2. The fourth-order valence-corrected chi connectivity index (χ4v) is 3.99. The Morgan fingerprint density at radius 1 is 0.963 bits per heavy atom. The number of halogens is 1. The average Bonchev–Trinajstić information content (AvgIpc) is 3.19. The second kappa shape index (κ2) is 8.43. The van der Waals surface area contributed by atoms with E-state index in [2.05, 4.69) is 10.0 Å². The lowest BCUT2D eigenvalue weighted by Gasteiger charge is -2.08. The molecular formula is C19H17FN2O3S2. The number of hydrogen-bond donors (Lipinski definition) is 2. The van der Waals surface area contributed by atoms with Crippen LogP contribution in [0.3, 0.4) is 0 Å². The highest BCUT2D eigenvalue weighted by Crippen LogP contribution is 2.12. The number of carbonyl (C=O) groups excluding carboxylic acids is 1. The van der Waals surface area contributed by atoms with E-state index in [4.69, 9.17) is 0 Å². The van der Waals surface area contributed by atoms with E-state index in [1.807, 2.05) is 17.5 Å². The molecule has 0 unspecified atom stereocenters. The monoisotopic (exact) mass is 404 g/mol. The highest BCUT2D eigenvalue weighted by molar-refractivity contribution is 7.89. The van der Waals surface area contributed by atoms with Crippen LogP contribution in [0.5, 0.6) is 0 Å². The van der Waals surface area contributed by atoms with Gasteiger partial charge < -0.3 is 5.32 Å². The van der Waals surface area contributed by atoms with E-state index >= 15 is 0 Å². The minimum Gasteiger partial charge on any atom is -0.347 e. The first-order chi connectivity index (χ1) is 12.9. The van der Waals surface area contributed by atoms with Gasteiger partial charge in [0.15, 0.2) is 0 Å². The van der Waals surface area contributed by atoms with Crippen molar-refractivity contribution in [3.8, 4) is 0 Å². The van der Waals surface area contributed by atoms with Crippen LogP contribution in [-0.4, -0.2) is 14.3 Å².